The van der Waals surface area contributed by atoms with Crippen LogP contribution in [0.5, 0.6) is 0 Å². The summed E-state index contributed by atoms with van der Waals surface area (Å²) in [6.07, 6.45) is -6.92. The average molecular weight is 444 g/mol. The molecule has 0 bridgehead atoms. The van der Waals surface area contributed by atoms with Crippen molar-refractivity contribution in [1.29, 1.82) is 0 Å². The van der Waals surface area contributed by atoms with Gasteiger partial charge in [0.1, 0.15) is 6.10 Å². The van der Waals surface area contributed by atoms with Gasteiger partial charge in [-0.1, -0.05) is 13.8 Å². The molecule has 128 valence electrons. The minimum Gasteiger partial charge on any atom is -0.480 e. The number of halogens is 4. The van der Waals surface area contributed by atoms with Gasteiger partial charge in [0, 0.05) is 3.57 Å². The molecule has 0 aliphatic carbocycles. The monoisotopic (exact) mass is 444 g/mol. The molecular weight excluding hydrogens is 428 g/mol. The van der Waals surface area contributed by atoms with Crippen molar-refractivity contribution in [2.45, 2.75) is 33.1 Å². The average Bonchev–Trinajstić information content (AvgIpc) is 2.42. The van der Waals surface area contributed by atoms with Gasteiger partial charge in [-0.2, -0.15) is 13.2 Å². The number of esters is 1. The third kappa shape index (κ3) is 4.15. The Kier molecular flexibility index (Phi) is 6.06. The van der Waals surface area contributed by atoms with Gasteiger partial charge in [0.05, 0.1) is 5.56 Å². The molecule has 0 spiro atoms. The Morgan fingerprint density at radius 1 is 1.17 bits per heavy atom. The molecule has 0 saturated carbocycles. The smallest absolute Gasteiger partial charge is 0.408 e. The van der Waals surface area contributed by atoms with E-state index in [4.69, 9.17) is 9.84 Å². The van der Waals surface area contributed by atoms with Crippen LogP contribution in [0.2, 0.25) is 0 Å². The summed E-state index contributed by atoms with van der Waals surface area (Å²) in [6, 6.07) is 6.02. The first kappa shape index (κ1) is 19.7. The Bertz CT molecular complexity index is 583. The summed E-state index contributed by atoms with van der Waals surface area (Å²) in [4.78, 5) is 23.3. The number of benzene rings is 1. The van der Waals surface area contributed by atoms with Crippen molar-refractivity contribution >= 4 is 34.5 Å². The van der Waals surface area contributed by atoms with Crippen LogP contribution in [-0.2, 0) is 9.53 Å². The first-order valence-corrected chi connectivity index (χ1v) is 7.75. The molecule has 1 aromatic rings. The van der Waals surface area contributed by atoms with Gasteiger partial charge in [-0.3, -0.25) is 4.79 Å². The molecule has 2 atom stereocenters. The lowest BCUT2D eigenvalue weighted by Crippen LogP contribution is -2.54. The maximum Gasteiger partial charge on any atom is 0.408 e. The summed E-state index contributed by atoms with van der Waals surface area (Å²) in [5.74, 6) is -3.92. The van der Waals surface area contributed by atoms with Crippen LogP contribution >= 0.6 is 22.6 Å². The van der Waals surface area contributed by atoms with Gasteiger partial charge in [0.25, 0.3) is 0 Å². The van der Waals surface area contributed by atoms with E-state index >= 15 is 0 Å². The normalized spacial score (nSPS) is 15.8. The molecule has 0 radical (unpaired) electrons. The highest BCUT2D eigenvalue weighted by molar-refractivity contribution is 14.1. The number of carboxylic acid groups (broad SMARTS) is 1. The zero-order chi connectivity index (χ0) is 18.0. The third-order valence-electron chi connectivity index (χ3n) is 3.52. The first-order chi connectivity index (χ1) is 10.4. The highest BCUT2D eigenvalue weighted by atomic mass is 127. The van der Waals surface area contributed by atoms with Crippen LogP contribution in [0, 0.1) is 14.9 Å². The molecule has 0 heterocycles. The van der Waals surface area contributed by atoms with E-state index in [1.165, 1.54) is 26.0 Å². The van der Waals surface area contributed by atoms with Gasteiger partial charge in [0.2, 0.25) is 0 Å². The van der Waals surface area contributed by atoms with Crippen molar-refractivity contribution in [3.8, 4) is 0 Å². The summed E-state index contributed by atoms with van der Waals surface area (Å²) in [7, 11) is 0. The Labute approximate surface area is 145 Å². The number of rotatable bonds is 5. The van der Waals surface area contributed by atoms with Crippen LogP contribution in [0.4, 0.5) is 13.2 Å². The summed E-state index contributed by atoms with van der Waals surface area (Å²) in [5, 5.41) is 9.09. The molecule has 0 saturated heterocycles. The van der Waals surface area contributed by atoms with E-state index in [0.717, 1.165) is 3.57 Å². The quantitative estimate of drug-likeness (QED) is 0.548. The number of carboxylic acids is 1. The number of carbonyl (C=O) groups is 2. The second kappa shape index (κ2) is 7.06. The maximum atomic E-state index is 13.3. The SMILES string of the molecule is CC(C)C(OC(=O)c1ccc(I)cc1)C(C)(C(=O)O)C(F)(F)F. The zero-order valence-corrected chi connectivity index (χ0v) is 14.8. The molecule has 0 aliphatic rings. The maximum absolute atomic E-state index is 13.3. The van der Waals surface area contributed by atoms with Crippen molar-refractivity contribution in [2.75, 3.05) is 0 Å². The molecule has 23 heavy (non-hydrogen) atoms. The van der Waals surface area contributed by atoms with Crippen LogP contribution in [0.3, 0.4) is 0 Å². The molecule has 0 fully saturated rings. The summed E-state index contributed by atoms with van der Waals surface area (Å²) < 4.78 is 45.7. The summed E-state index contributed by atoms with van der Waals surface area (Å²) >= 11 is 2.01. The lowest BCUT2D eigenvalue weighted by molar-refractivity contribution is -0.254. The lowest BCUT2D eigenvalue weighted by atomic mass is 9.78. The standard InChI is InChI=1S/C15H16F3IO4/c1-8(2)11(14(3,13(21)22)15(16,17)18)23-12(20)9-4-6-10(19)7-5-9/h4-8,11H,1-3H3,(H,21,22). The highest BCUT2D eigenvalue weighted by Gasteiger charge is 2.64. The molecular formula is C15H16F3IO4. The largest absolute Gasteiger partial charge is 0.480 e. The minimum atomic E-state index is -5.07. The summed E-state index contributed by atoms with van der Waals surface area (Å²) in [5.41, 5.74) is -3.13. The summed E-state index contributed by atoms with van der Waals surface area (Å²) in [6.45, 7) is 3.28. The molecule has 1 N–H and O–H groups in total. The Balaban J connectivity index is 3.18. The molecule has 8 heteroatoms. The second-order valence-electron chi connectivity index (χ2n) is 5.58. The second-order valence-corrected chi connectivity index (χ2v) is 6.83. The van der Waals surface area contributed by atoms with Gasteiger partial charge in [-0.15, -0.1) is 0 Å². The zero-order valence-electron chi connectivity index (χ0n) is 12.6. The Hall–Kier alpha value is -1.32. The number of alkyl halides is 3. The van der Waals surface area contributed by atoms with E-state index in [-0.39, 0.29) is 5.56 Å². The minimum absolute atomic E-state index is 0.0611. The van der Waals surface area contributed by atoms with Crippen molar-refractivity contribution in [3.05, 3.63) is 33.4 Å². The van der Waals surface area contributed by atoms with Gasteiger partial charge >= 0.3 is 18.1 Å². The van der Waals surface area contributed by atoms with Gasteiger partial charge in [-0.25, -0.2) is 4.79 Å². The van der Waals surface area contributed by atoms with Crippen molar-refractivity contribution in [2.24, 2.45) is 11.3 Å². The van der Waals surface area contributed by atoms with E-state index < -0.39 is 35.6 Å². The third-order valence-corrected chi connectivity index (χ3v) is 4.24. The molecule has 0 amide bonds. The predicted octanol–water partition coefficient (Wildman–Crippen LogP) is 4.13. The molecule has 2 unspecified atom stereocenters. The van der Waals surface area contributed by atoms with Crippen LogP contribution in [0.25, 0.3) is 0 Å². The van der Waals surface area contributed by atoms with Gasteiger partial charge in [-0.05, 0) is 59.7 Å². The van der Waals surface area contributed by atoms with Crippen LogP contribution in [0.1, 0.15) is 31.1 Å². The van der Waals surface area contributed by atoms with E-state index in [1.807, 2.05) is 22.6 Å². The van der Waals surface area contributed by atoms with Crippen LogP contribution < -0.4 is 0 Å². The van der Waals surface area contributed by atoms with E-state index in [1.54, 1.807) is 12.1 Å². The molecule has 0 aliphatic heterocycles. The van der Waals surface area contributed by atoms with Crippen molar-refractivity contribution < 1.29 is 32.6 Å². The predicted molar refractivity (Wildman–Crippen MR) is 85.0 cm³/mol. The van der Waals surface area contributed by atoms with E-state index in [9.17, 15) is 22.8 Å². The Morgan fingerprint density at radius 3 is 2.00 bits per heavy atom. The highest BCUT2D eigenvalue weighted by Crippen LogP contribution is 2.45. The number of hydrogen-bond acceptors (Lipinski definition) is 3. The number of carbonyl (C=O) groups excluding carboxylic acids is 1. The molecule has 4 nitrogen and oxygen atoms in total. The fraction of sp³-hybridized carbons (Fsp3) is 0.467. The van der Waals surface area contributed by atoms with E-state index in [0.29, 0.717) is 6.92 Å². The number of aliphatic carboxylic acids is 1. The fourth-order valence-corrected chi connectivity index (χ4v) is 2.45. The molecule has 0 aromatic heterocycles. The number of ether oxygens (including phenoxy) is 1. The van der Waals surface area contributed by atoms with Gasteiger partial charge in [0.15, 0.2) is 5.41 Å². The van der Waals surface area contributed by atoms with E-state index in [2.05, 4.69) is 0 Å². The molecule has 1 aromatic carbocycles. The first-order valence-electron chi connectivity index (χ1n) is 6.68. The molecule has 1 rings (SSSR count). The van der Waals surface area contributed by atoms with Gasteiger partial charge < -0.3 is 9.84 Å². The lowest BCUT2D eigenvalue weighted by Gasteiger charge is -2.37. The van der Waals surface area contributed by atoms with Crippen molar-refractivity contribution in [3.63, 3.8) is 0 Å². The van der Waals surface area contributed by atoms with Crippen LogP contribution in [-0.4, -0.2) is 29.3 Å². The topological polar surface area (TPSA) is 63.6 Å². The van der Waals surface area contributed by atoms with Crippen LogP contribution in [0.15, 0.2) is 24.3 Å². The Morgan fingerprint density at radius 2 is 1.65 bits per heavy atom. The van der Waals surface area contributed by atoms with Crippen molar-refractivity contribution in [1.82, 2.24) is 0 Å². The number of hydrogen-bond donors (Lipinski definition) is 1. The fourth-order valence-electron chi connectivity index (χ4n) is 2.09.